The third-order valence-corrected chi connectivity index (χ3v) is 8.02. The Labute approximate surface area is 229 Å². The first-order valence-electron chi connectivity index (χ1n) is 12.7. The maximum absolute atomic E-state index is 14.5. The number of rotatable bonds is 7. The predicted octanol–water partition coefficient (Wildman–Crippen LogP) is 6.55. The minimum absolute atomic E-state index is 0.101. The average Bonchev–Trinajstić information content (AvgIpc) is 3.20. The Bertz CT molecular complexity index is 1140. The van der Waals surface area contributed by atoms with E-state index < -0.39 is 29.3 Å². The van der Waals surface area contributed by atoms with Crippen LogP contribution in [0.5, 0.6) is 0 Å². The minimum atomic E-state index is -0.814. The maximum atomic E-state index is 14.5. The van der Waals surface area contributed by atoms with Gasteiger partial charge >= 0.3 is 5.97 Å². The van der Waals surface area contributed by atoms with Gasteiger partial charge in [0, 0.05) is 21.4 Å². The second-order valence-corrected chi connectivity index (χ2v) is 11.6. The molecule has 2 fully saturated rings. The fourth-order valence-corrected chi connectivity index (χ4v) is 6.22. The minimum Gasteiger partial charge on any atom is -0.467 e. The van der Waals surface area contributed by atoms with Crippen LogP contribution in [0.4, 0.5) is 0 Å². The van der Waals surface area contributed by atoms with E-state index in [4.69, 9.17) is 37.4 Å². The van der Waals surface area contributed by atoms with Gasteiger partial charge in [0.2, 0.25) is 5.91 Å². The number of piperidine rings is 1. The van der Waals surface area contributed by atoms with Crippen LogP contribution < -0.4 is 0 Å². The van der Waals surface area contributed by atoms with E-state index in [1.807, 2.05) is 76.2 Å². The van der Waals surface area contributed by atoms with Gasteiger partial charge in [-0.1, -0.05) is 61.3 Å². The number of esters is 1. The van der Waals surface area contributed by atoms with Gasteiger partial charge in [0.1, 0.15) is 6.04 Å². The van der Waals surface area contributed by atoms with Crippen LogP contribution in [0.2, 0.25) is 10.0 Å². The molecule has 8 heteroatoms. The van der Waals surface area contributed by atoms with E-state index in [1.165, 1.54) is 7.11 Å². The summed E-state index contributed by atoms with van der Waals surface area (Å²) in [4.78, 5) is 29.3. The molecule has 0 saturated carbocycles. The van der Waals surface area contributed by atoms with Crippen molar-refractivity contribution in [2.45, 2.75) is 76.9 Å². The molecule has 0 radical (unpaired) electrons. The van der Waals surface area contributed by atoms with Crippen molar-refractivity contribution in [3.63, 3.8) is 0 Å². The predicted molar refractivity (Wildman–Crippen MR) is 144 cm³/mol. The van der Waals surface area contributed by atoms with Crippen molar-refractivity contribution in [3.05, 3.63) is 69.7 Å². The Morgan fingerprint density at radius 1 is 1.11 bits per heavy atom. The summed E-state index contributed by atoms with van der Waals surface area (Å²) < 4.78 is 17.1. The molecule has 2 heterocycles. The molecule has 2 aliphatic rings. The van der Waals surface area contributed by atoms with Crippen LogP contribution in [-0.4, -0.2) is 48.4 Å². The molecule has 1 amide bonds. The summed E-state index contributed by atoms with van der Waals surface area (Å²) in [6, 6.07) is 14.0. The number of nitrogens with zero attached hydrogens (tertiary/aromatic N) is 1. The second kappa shape index (κ2) is 10.9. The Kier molecular flexibility index (Phi) is 8.25. The molecule has 2 aliphatic heterocycles. The van der Waals surface area contributed by atoms with E-state index in [1.54, 1.807) is 4.90 Å². The Morgan fingerprint density at radius 3 is 2.38 bits per heavy atom. The van der Waals surface area contributed by atoms with Crippen molar-refractivity contribution in [2.75, 3.05) is 13.7 Å². The monoisotopic (exact) mass is 547 g/mol. The van der Waals surface area contributed by atoms with Gasteiger partial charge in [0.25, 0.3) is 0 Å². The van der Waals surface area contributed by atoms with E-state index in [0.717, 1.165) is 11.1 Å². The van der Waals surface area contributed by atoms with Gasteiger partial charge in [-0.25, -0.2) is 4.79 Å². The summed E-state index contributed by atoms with van der Waals surface area (Å²) in [7, 11) is 1.36. The summed E-state index contributed by atoms with van der Waals surface area (Å²) in [5, 5.41) is 1.22. The van der Waals surface area contributed by atoms with E-state index in [-0.39, 0.29) is 17.9 Å². The van der Waals surface area contributed by atoms with Crippen molar-refractivity contribution in [1.29, 1.82) is 0 Å². The lowest BCUT2D eigenvalue weighted by molar-refractivity contribution is -0.169. The lowest BCUT2D eigenvalue weighted by Gasteiger charge is -2.51. The van der Waals surface area contributed by atoms with Crippen LogP contribution in [0, 0.1) is 5.41 Å². The van der Waals surface area contributed by atoms with Gasteiger partial charge in [0.05, 0.1) is 25.9 Å². The molecule has 3 unspecified atom stereocenters. The largest absolute Gasteiger partial charge is 0.467 e. The summed E-state index contributed by atoms with van der Waals surface area (Å²) >= 11 is 12.7. The lowest BCUT2D eigenvalue weighted by atomic mass is 9.66. The highest BCUT2D eigenvalue weighted by atomic mass is 35.5. The number of ether oxygens (including phenoxy) is 3. The number of methoxy groups -OCH3 is 1. The molecule has 6 nitrogen and oxygen atoms in total. The smallest absolute Gasteiger partial charge is 0.328 e. The SMILES string of the molecule is CCC(C(=O)OC)N1C(=O)[C@@](C)(C[C@H]2COC(C)(C)O2)CC(c2cccc(Cl)c2)C1c1ccc(Cl)cc1. The molecule has 0 aromatic heterocycles. The highest BCUT2D eigenvalue weighted by molar-refractivity contribution is 6.30. The molecular formula is C29H35Cl2NO5. The normalized spacial score (nSPS) is 28.2. The molecule has 2 aromatic rings. The summed E-state index contributed by atoms with van der Waals surface area (Å²) in [6.07, 6.45) is 1.19. The molecule has 5 atom stereocenters. The zero-order valence-corrected chi connectivity index (χ0v) is 23.5. The van der Waals surface area contributed by atoms with E-state index in [2.05, 4.69) is 0 Å². The number of benzene rings is 2. The molecule has 0 spiro atoms. The number of carbonyl (C=O) groups excluding carboxylic acids is 2. The van der Waals surface area contributed by atoms with Gasteiger partial charge in [-0.3, -0.25) is 4.79 Å². The third kappa shape index (κ3) is 5.83. The van der Waals surface area contributed by atoms with Crippen LogP contribution in [0.1, 0.15) is 70.0 Å². The molecule has 4 rings (SSSR count). The number of hydrogen-bond acceptors (Lipinski definition) is 5. The number of likely N-dealkylation sites (tertiary alicyclic amines) is 1. The van der Waals surface area contributed by atoms with E-state index in [0.29, 0.717) is 35.9 Å². The van der Waals surface area contributed by atoms with E-state index >= 15 is 0 Å². The summed E-state index contributed by atoms with van der Waals surface area (Å²) in [5.74, 6) is -1.38. The van der Waals surface area contributed by atoms with Crippen LogP contribution >= 0.6 is 23.2 Å². The number of hydrogen-bond donors (Lipinski definition) is 0. The van der Waals surface area contributed by atoms with Crippen LogP contribution in [0.25, 0.3) is 0 Å². The highest BCUT2D eigenvalue weighted by Crippen LogP contribution is 2.53. The first-order chi connectivity index (χ1) is 17.5. The standard InChI is InChI=1S/C29H35Cl2NO5/c1-6-24(26(33)35-5)32-25(18-10-12-20(30)13-11-18)23(19-8-7-9-21(31)14-19)16-29(4,27(32)34)15-22-17-36-28(2,3)37-22/h7-14,22-25H,6,15-17H2,1-5H3/t22-,23?,24?,25?,29-/m0/s1. The maximum Gasteiger partial charge on any atom is 0.328 e. The number of carbonyl (C=O) groups is 2. The van der Waals surface area contributed by atoms with Gasteiger partial charge in [-0.15, -0.1) is 0 Å². The van der Waals surface area contributed by atoms with Crippen LogP contribution in [0.3, 0.4) is 0 Å². The number of amides is 1. The molecule has 2 saturated heterocycles. The Hall–Kier alpha value is -2.12. The topological polar surface area (TPSA) is 65.1 Å². The van der Waals surface area contributed by atoms with Crippen molar-refractivity contribution < 1.29 is 23.8 Å². The molecule has 0 aliphatic carbocycles. The molecule has 200 valence electrons. The molecule has 2 aromatic carbocycles. The van der Waals surface area contributed by atoms with Gasteiger partial charge < -0.3 is 19.1 Å². The molecule has 0 bridgehead atoms. The molecule has 37 heavy (non-hydrogen) atoms. The first-order valence-corrected chi connectivity index (χ1v) is 13.5. The zero-order valence-electron chi connectivity index (χ0n) is 22.0. The van der Waals surface area contributed by atoms with Gasteiger partial charge in [0.15, 0.2) is 5.79 Å². The Morgan fingerprint density at radius 2 is 1.81 bits per heavy atom. The van der Waals surface area contributed by atoms with Crippen LogP contribution in [-0.2, 0) is 23.8 Å². The fraction of sp³-hybridized carbons (Fsp3) is 0.517. The lowest BCUT2D eigenvalue weighted by Crippen LogP contribution is -2.58. The van der Waals surface area contributed by atoms with Crippen molar-refractivity contribution in [1.82, 2.24) is 4.90 Å². The summed E-state index contributed by atoms with van der Waals surface area (Å²) in [6.45, 7) is 8.02. The zero-order chi connectivity index (χ0) is 27.0. The van der Waals surface area contributed by atoms with Gasteiger partial charge in [-0.2, -0.15) is 0 Å². The molecular weight excluding hydrogens is 513 g/mol. The summed E-state index contributed by atoms with van der Waals surface area (Å²) in [5.41, 5.74) is 1.08. The molecule has 0 N–H and O–H groups in total. The fourth-order valence-electron chi connectivity index (χ4n) is 5.89. The average molecular weight is 549 g/mol. The first kappa shape index (κ1) is 27.9. The Balaban J connectivity index is 1.86. The third-order valence-electron chi connectivity index (χ3n) is 7.53. The van der Waals surface area contributed by atoms with Crippen molar-refractivity contribution >= 4 is 35.1 Å². The second-order valence-electron chi connectivity index (χ2n) is 10.7. The van der Waals surface area contributed by atoms with Crippen LogP contribution in [0.15, 0.2) is 48.5 Å². The number of halogens is 2. The highest BCUT2D eigenvalue weighted by Gasteiger charge is 2.54. The van der Waals surface area contributed by atoms with E-state index in [9.17, 15) is 9.59 Å². The van der Waals surface area contributed by atoms with Crippen molar-refractivity contribution in [2.24, 2.45) is 5.41 Å². The quantitative estimate of drug-likeness (QED) is 0.367. The van der Waals surface area contributed by atoms with Gasteiger partial charge in [-0.05, 0) is 68.5 Å². The van der Waals surface area contributed by atoms with Crippen molar-refractivity contribution in [3.8, 4) is 0 Å².